The third-order valence-corrected chi connectivity index (χ3v) is 5.24. The summed E-state index contributed by atoms with van der Waals surface area (Å²) in [5.74, 6) is 1.75. The van der Waals surface area contributed by atoms with E-state index < -0.39 is 0 Å². The van der Waals surface area contributed by atoms with E-state index in [1.807, 2.05) is 24.3 Å². The van der Waals surface area contributed by atoms with Crippen LogP contribution >= 0.6 is 0 Å². The maximum Gasteiger partial charge on any atom is 0.191 e. The molecule has 0 radical (unpaired) electrons. The van der Waals surface area contributed by atoms with Crippen LogP contribution in [0.4, 0.5) is 0 Å². The third kappa shape index (κ3) is 2.72. The molecule has 2 aromatic carbocycles. The zero-order chi connectivity index (χ0) is 17.4. The molecule has 25 heavy (non-hydrogen) atoms. The molecular formula is C21H22NO3+. The quantitative estimate of drug-likeness (QED) is 0.808. The highest BCUT2D eigenvalue weighted by molar-refractivity contribution is 6.11. The van der Waals surface area contributed by atoms with Crippen molar-refractivity contribution in [3.63, 3.8) is 0 Å². The van der Waals surface area contributed by atoms with Crippen molar-refractivity contribution in [1.82, 2.24) is 0 Å². The molecule has 4 nitrogen and oxygen atoms in total. The number of ketones is 1. The second kappa shape index (κ2) is 6.36. The number of nitrogens with zero attached hydrogens (tertiary/aromatic N) is 1. The molecule has 2 aromatic rings. The average Bonchev–Trinajstić information content (AvgIpc) is 2.66. The van der Waals surface area contributed by atoms with E-state index in [1.54, 1.807) is 14.2 Å². The fourth-order valence-corrected chi connectivity index (χ4v) is 4.03. The highest BCUT2D eigenvalue weighted by Crippen LogP contribution is 2.36. The molecular weight excluding hydrogens is 314 g/mol. The Morgan fingerprint density at radius 3 is 2.48 bits per heavy atom. The lowest BCUT2D eigenvalue weighted by atomic mass is 9.86. The first-order valence-corrected chi connectivity index (χ1v) is 8.65. The molecule has 0 unspecified atom stereocenters. The SMILES string of the molecule is COc1cc2c(cc1OC)C1=[N+](CC2)[C@H](c2ccccc2)CC(=O)C1. The number of hydrogen-bond acceptors (Lipinski definition) is 3. The largest absolute Gasteiger partial charge is 0.493 e. The molecule has 4 heteroatoms. The van der Waals surface area contributed by atoms with Gasteiger partial charge in [0.2, 0.25) is 0 Å². The summed E-state index contributed by atoms with van der Waals surface area (Å²) in [5.41, 5.74) is 4.67. The van der Waals surface area contributed by atoms with Gasteiger partial charge in [0.25, 0.3) is 0 Å². The summed E-state index contributed by atoms with van der Waals surface area (Å²) >= 11 is 0. The molecule has 0 aliphatic carbocycles. The first kappa shape index (κ1) is 15.9. The number of methoxy groups -OCH3 is 2. The van der Waals surface area contributed by atoms with E-state index in [4.69, 9.17) is 9.47 Å². The molecule has 0 saturated heterocycles. The molecule has 4 rings (SSSR count). The zero-order valence-corrected chi connectivity index (χ0v) is 14.6. The zero-order valence-electron chi connectivity index (χ0n) is 14.6. The normalized spacial score (nSPS) is 19.3. The lowest BCUT2D eigenvalue weighted by Crippen LogP contribution is -2.39. The van der Waals surface area contributed by atoms with Crippen LogP contribution in [0.1, 0.15) is 35.6 Å². The summed E-state index contributed by atoms with van der Waals surface area (Å²) in [5, 5.41) is 0. The molecule has 0 amide bonds. The van der Waals surface area contributed by atoms with Crippen LogP contribution < -0.4 is 9.47 Å². The van der Waals surface area contributed by atoms with Crippen molar-refractivity contribution in [2.24, 2.45) is 0 Å². The van der Waals surface area contributed by atoms with Crippen LogP contribution in [-0.2, 0) is 11.2 Å². The predicted octanol–water partition coefficient (Wildman–Crippen LogP) is 3.17. The van der Waals surface area contributed by atoms with Gasteiger partial charge in [-0.1, -0.05) is 30.3 Å². The first-order valence-electron chi connectivity index (χ1n) is 8.65. The van der Waals surface area contributed by atoms with Crippen molar-refractivity contribution in [1.29, 1.82) is 0 Å². The van der Waals surface area contributed by atoms with Gasteiger partial charge in [-0.2, -0.15) is 0 Å². The number of rotatable bonds is 3. The summed E-state index contributed by atoms with van der Waals surface area (Å²) < 4.78 is 13.3. The summed E-state index contributed by atoms with van der Waals surface area (Å²) in [7, 11) is 3.30. The Bertz CT molecular complexity index is 855. The maximum absolute atomic E-state index is 12.5. The highest BCUT2D eigenvalue weighted by atomic mass is 16.5. The van der Waals surface area contributed by atoms with Crippen LogP contribution in [0.2, 0.25) is 0 Å². The van der Waals surface area contributed by atoms with Crippen LogP contribution in [0, 0.1) is 0 Å². The van der Waals surface area contributed by atoms with Crippen molar-refractivity contribution in [2.75, 3.05) is 20.8 Å². The Hall–Kier alpha value is -2.62. The molecule has 0 fully saturated rings. The van der Waals surface area contributed by atoms with Crippen molar-refractivity contribution < 1.29 is 18.8 Å². The lowest BCUT2D eigenvalue weighted by molar-refractivity contribution is -0.575. The Balaban J connectivity index is 1.86. The average molecular weight is 336 g/mol. The standard InChI is InChI=1S/C21H22NO3/c1-24-20-10-15-8-9-22-18(14-6-4-3-5-7-14)11-16(23)12-19(22)17(15)13-21(20)25-2/h3-7,10,13,18H,8-9,11-12H2,1-2H3/q+1/t18-/m0/s1. The van der Waals surface area contributed by atoms with E-state index in [2.05, 4.69) is 22.8 Å². The molecule has 2 aliphatic rings. The monoisotopic (exact) mass is 336 g/mol. The Morgan fingerprint density at radius 1 is 1.04 bits per heavy atom. The molecule has 0 aromatic heterocycles. The van der Waals surface area contributed by atoms with Gasteiger partial charge in [-0.3, -0.25) is 4.79 Å². The molecule has 0 bridgehead atoms. The topological polar surface area (TPSA) is 38.5 Å². The fraction of sp³-hybridized carbons (Fsp3) is 0.333. The summed E-state index contributed by atoms with van der Waals surface area (Å²) in [6, 6.07) is 14.5. The summed E-state index contributed by atoms with van der Waals surface area (Å²) in [6.45, 7) is 0.921. The number of hydrogen-bond donors (Lipinski definition) is 0. The van der Waals surface area contributed by atoms with Gasteiger partial charge in [0.05, 0.1) is 27.1 Å². The molecule has 2 heterocycles. The minimum absolute atomic E-state index is 0.124. The number of Topliss-reactive ketones (excluding diaryl/α,β-unsaturated/α-hetero) is 1. The van der Waals surface area contributed by atoms with Gasteiger partial charge in [-0.15, -0.1) is 0 Å². The Kier molecular flexibility index (Phi) is 4.04. The van der Waals surface area contributed by atoms with E-state index >= 15 is 0 Å². The van der Waals surface area contributed by atoms with Crippen LogP contribution in [0.25, 0.3) is 0 Å². The molecule has 128 valence electrons. The van der Waals surface area contributed by atoms with Gasteiger partial charge in [0, 0.05) is 17.5 Å². The number of benzene rings is 2. The van der Waals surface area contributed by atoms with Crippen LogP contribution in [0.5, 0.6) is 11.5 Å². The van der Waals surface area contributed by atoms with Gasteiger partial charge < -0.3 is 9.47 Å². The van der Waals surface area contributed by atoms with E-state index in [9.17, 15) is 4.79 Å². The van der Waals surface area contributed by atoms with Crippen LogP contribution in [-0.4, -0.2) is 36.8 Å². The molecule has 0 N–H and O–H groups in total. The number of fused-ring (bicyclic) bond motifs is 2. The summed E-state index contributed by atoms with van der Waals surface area (Å²) in [6.07, 6.45) is 2.01. The van der Waals surface area contributed by atoms with E-state index in [0.29, 0.717) is 24.4 Å². The number of carbonyl (C=O) groups is 1. The molecule has 2 aliphatic heterocycles. The van der Waals surface area contributed by atoms with Crippen LogP contribution in [0.15, 0.2) is 42.5 Å². The van der Waals surface area contributed by atoms with Crippen molar-refractivity contribution in [3.8, 4) is 11.5 Å². The maximum atomic E-state index is 12.5. The number of ether oxygens (including phenoxy) is 2. The fourth-order valence-electron chi connectivity index (χ4n) is 4.03. The minimum Gasteiger partial charge on any atom is -0.493 e. The summed E-state index contributed by atoms with van der Waals surface area (Å²) in [4.78, 5) is 12.5. The van der Waals surface area contributed by atoms with Crippen LogP contribution in [0.3, 0.4) is 0 Å². The van der Waals surface area contributed by atoms with Gasteiger partial charge in [0.15, 0.2) is 23.3 Å². The lowest BCUT2D eigenvalue weighted by Gasteiger charge is -2.28. The van der Waals surface area contributed by atoms with Gasteiger partial charge >= 0.3 is 0 Å². The second-order valence-corrected chi connectivity index (χ2v) is 6.60. The highest BCUT2D eigenvalue weighted by Gasteiger charge is 2.39. The molecule has 1 atom stereocenters. The van der Waals surface area contributed by atoms with Crippen molar-refractivity contribution in [2.45, 2.75) is 25.3 Å². The van der Waals surface area contributed by atoms with Gasteiger partial charge in [0.1, 0.15) is 12.3 Å². The molecule has 0 saturated carbocycles. The Labute approximate surface area is 147 Å². The smallest absolute Gasteiger partial charge is 0.191 e. The van der Waals surface area contributed by atoms with Crippen molar-refractivity contribution >= 4 is 11.5 Å². The first-order chi connectivity index (χ1) is 12.2. The number of carbonyl (C=O) groups excluding carboxylic acids is 1. The van der Waals surface area contributed by atoms with Gasteiger partial charge in [-0.05, 0) is 17.7 Å². The predicted molar refractivity (Wildman–Crippen MR) is 95.9 cm³/mol. The second-order valence-electron chi connectivity index (χ2n) is 6.60. The van der Waals surface area contributed by atoms with Gasteiger partial charge in [-0.25, -0.2) is 4.58 Å². The van der Waals surface area contributed by atoms with E-state index in [0.717, 1.165) is 30.0 Å². The minimum atomic E-state index is 0.124. The van der Waals surface area contributed by atoms with E-state index in [-0.39, 0.29) is 6.04 Å². The van der Waals surface area contributed by atoms with E-state index in [1.165, 1.54) is 11.1 Å². The van der Waals surface area contributed by atoms with Crippen molar-refractivity contribution in [3.05, 3.63) is 59.2 Å². The Morgan fingerprint density at radius 2 is 1.76 bits per heavy atom. The third-order valence-electron chi connectivity index (χ3n) is 5.24. The molecule has 0 spiro atoms.